The number of nitrogens with zero attached hydrogens (tertiary/aromatic N) is 2. The second kappa shape index (κ2) is 8.74. The lowest BCUT2D eigenvalue weighted by atomic mass is 10.0. The molecule has 0 saturated carbocycles. The summed E-state index contributed by atoms with van der Waals surface area (Å²) in [5.74, 6) is 1.98. The van der Waals surface area contributed by atoms with Crippen LogP contribution in [0.25, 0.3) is 0 Å². The zero-order valence-corrected chi connectivity index (χ0v) is 16.9. The van der Waals surface area contributed by atoms with E-state index in [4.69, 9.17) is 4.74 Å². The van der Waals surface area contributed by atoms with Crippen LogP contribution in [0.1, 0.15) is 42.3 Å². The van der Waals surface area contributed by atoms with Crippen LogP contribution in [0.4, 0.5) is 5.69 Å². The van der Waals surface area contributed by atoms with Gasteiger partial charge in [0.1, 0.15) is 11.6 Å². The summed E-state index contributed by atoms with van der Waals surface area (Å²) in [7, 11) is 0. The number of rotatable bonds is 7. The van der Waals surface area contributed by atoms with Gasteiger partial charge in [0, 0.05) is 24.6 Å². The van der Waals surface area contributed by atoms with Gasteiger partial charge in [-0.05, 0) is 54.7 Å². The fourth-order valence-corrected chi connectivity index (χ4v) is 2.93. The molecule has 1 aromatic heterocycles. The van der Waals surface area contributed by atoms with Crippen LogP contribution in [0, 0.1) is 13.8 Å². The minimum Gasteiger partial charge on any atom is -0.483 e. The first-order valence-corrected chi connectivity index (χ1v) is 9.52. The number of nitrogens with one attached hydrogen (secondary N) is 1. The van der Waals surface area contributed by atoms with Crippen LogP contribution in [-0.4, -0.2) is 22.1 Å². The smallest absolute Gasteiger partial charge is 0.262 e. The highest BCUT2D eigenvalue weighted by atomic mass is 16.5. The average Bonchev–Trinajstić information content (AvgIpc) is 3.07. The minimum atomic E-state index is -0.174. The molecule has 3 aromatic rings. The van der Waals surface area contributed by atoms with Gasteiger partial charge in [-0.2, -0.15) is 0 Å². The van der Waals surface area contributed by atoms with E-state index in [1.54, 1.807) is 6.20 Å². The van der Waals surface area contributed by atoms with E-state index in [9.17, 15) is 4.79 Å². The summed E-state index contributed by atoms with van der Waals surface area (Å²) in [6.45, 7) is 8.98. The van der Waals surface area contributed by atoms with E-state index in [0.29, 0.717) is 5.92 Å². The molecule has 0 radical (unpaired) electrons. The number of ether oxygens (including phenoxy) is 1. The third-order valence-electron chi connectivity index (χ3n) is 4.75. The molecular formula is C23H27N3O2. The van der Waals surface area contributed by atoms with Gasteiger partial charge in [0.15, 0.2) is 6.61 Å². The number of imidazole rings is 1. The van der Waals surface area contributed by atoms with Crippen molar-refractivity contribution in [1.82, 2.24) is 9.55 Å². The van der Waals surface area contributed by atoms with Crippen LogP contribution in [0.5, 0.6) is 5.75 Å². The Morgan fingerprint density at radius 1 is 1.14 bits per heavy atom. The number of anilines is 1. The lowest BCUT2D eigenvalue weighted by Gasteiger charge is -2.13. The van der Waals surface area contributed by atoms with E-state index in [0.717, 1.165) is 34.9 Å². The van der Waals surface area contributed by atoms with Crippen LogP contribution in [0.15, 0.2) is 54.9 Å². The van der Waals surface area contributed by atoms with Crippen molar-refractivity contribution in [3.8, 4) is 5.75 Å². The van der Waals surface area contributed by atoms with E-state index in [2.05, 4.69) is 34.8 Å². The van der Waals surface area contributed by atoms with Crippen LogP contribution < -0.4 is 10.1 Å². The molecule has 5 heteroatoms. The van der Waals surface area contributed by atoms with Crippen molar-refractivity contribution in [2.75, 3.05) is 11.9 Å². The Labute approximate surface area is 166 Å². The maximum atomic E-state index is 12.3. The topological polar surface area (TPSA) is 56.1 Å². The number of hydrogen-bond acceptors (Lipinski definition) is 3. The predicted molar refractivity (Wildman–Crippen MR) is 112 cm³/mol. The van der Waals surface area contributed by atoms with E-state index < -0.39 is 0 Å². The molecule has 28 heavy (non-hydrogen) atoms. The van der Waals surface area contributed by atoms with E-state index >= 15 is 0 Å². The summed E-state index contributed by atoms with van der Waals surface area (Å²) < 4.78 is 7.82. The molecule has 0 fully saturated rings. The number of amides is 1. The third kappa shape index (κ3) is 5.00. The molecule has 0 aliphatic heterocycles. The number of carbonyl (C=O) groups is 1. The van der Waals surface area contributed by atoms with Gasteiger partial charge in [-0.15, -0.1) is 0 Å². The van der Waals surface area contributed by atoms with Crippen LogP contribution in [0.2, 0.25) is 0 Å². The quantitative estimate of drug-likeness (QED) is 0.650. The van der Waals surface area contributed by atoms with Crippen LogP contribution in [-0.2, 0) is 11.3 Å². The molecule has 1 amide bonds. The van der Waals surface area contributed by atoms with Crippen molar-refractivity contribution < 1.29 is 9.53 Å². The summed E-state index contributed by atoms with van der Waals surface area (Å²) in [6, 6.07) is 14.0. The van der Waals surface area contributed by atoms with Gasteiger partial charge in [0.2, 0.25) is 0 Å². The highest BCUT2D eigenvalue weighted by molar-refractivity contribution is 5.91. The first kappa shape index (κ1) is 19.7. The van der Waals surface area contributed by atoms with Gasteiger partial charge < -0.3 is 14.6 Å². The molecule has 5 nitrogen and oxygen atoms in total. The van der Waals surface area contributed by atoms with Crippen LogP contribution >= 0.6 is 0 Å². The fourth-order valence-electron chi connectivity index (χ4n) is 2.93. The SMILES string of the molecule is Cc1ccc(C(C)C)cc1OCC(=O)Nc1ccc(Cn2ccnc2C)cc1. The summed E-state index contributed by atoms with van der Waals surface area (Å²) in [6.07, 6.45) is 3.75. The second-order valence-electron chi connectivity index (χ2n) is 7.32. The molecule has 0 aliphatic carbocycles. The van der Waals surface area contributed by atoms with Crippen LogP contribution in [0.3, 0.4) is 0 Å². The van der Waals surface area contributed by atoms with Gasteiger partial charge in [-0.3, -0.25) is 4.79 Å². The summed E-state index contributed by atoms with van der Waals surface area (Å²) >= 11 is 0. The Morgan fingerprint density at radius 3 is 2.54 bits per heavy atom. The number of carbonyl (C=O) groups excluding carboxylic acids is 1. The van der Waals surface area contributed by atoms with Crippen molar-refractivity contribution in [1.29, 1.82) is 0 Å². The molecule has 0 spiro atoms. The Hall–Kier alpha value is -3.08. The van der Waals surface area contributed by atoms with Crippen molar-refractivity contribution in [3.05, 3.63) is 77.4 Å². The molecule has 0 aliphatic rings. The predicted octanol–water partition coefficient (Wildman–Crippen LogP) is 4.69. The van der Waals surface area contributed by atoms with Crippen molar-refractivity contribution in [2.45, 2.75) is 40.2 Å². The van der Waals surface area contributed by atoms with Gasteiger partial charge in [-0.25, -0.2) is 4.98 Å². The Bertz CT molecular complexity index is 943. The van der Waals surface area contributed by atoms with Gasteiger partial charge >= 0.3 is 0 Å². The zero-order valence-electron chi connectivity index (χ0n) is 16.9. The van der Waals surface area contributed by atoms with Gasteiger partial charge in [-0.1, -0.05) is 38.1 Å². The molecule has 0 unspecified atom stereocenters. The number of aryl methyl sites for hydroxylation is 2. The Kier molecular flexibility index (Phi) is 6.14. The molecule has 3 rings (SSSR count). The first-order valence-electron chi connectivity index (χ1n) is 9.52. The molecule has 146 valence electrons. The van der Waals surface area contributed by atoms with E-state index in [1.165, 1.54) is 5.56 Å². The minimum absolute atomic E-state index is 0.0155. The summed E-state index contributed by atoms with van der Waals surface area (Å²) in [4.78, 5) is 16.5. The first-order chi connectivity index (χ1) is 13.4. The van der Waals surface area contributed by atoms with E-state index in [1.807, 2.05) is 56.4 Å². The molecule has 2 aromatic carbocycles. The maximum absolute atomic E-state index is 12.3. The third-order valence-corrected chi connectivity index (χ3v) is 4.75. The highest BCUT2D eigenvalue weighted by Gasteiger charge is 2.08. The lowest BCUT2D eigenvalue weighted by Crippen LogP contribution is -2.20. The van der Waals surface area contributed by atoms with E-state index in [-0.39, 0.29) is 12.5 Å². The number of aromatic nitrogens is 2. The van der Waals surface area contributed by atoms with Crippen molar-refractivity contribution in [3.63, 3.8) is 0 Å². The van der Waals surface area contributed by atoms with Crippen molar-refractivity contribution in [2.24, 2.45) is 0 Å². The van der Waals surface area contributed by atoms with Gasteiger partial charge in [0.05, 0.1) is 0 Å². The highest BCUT2D eigenvalue weighted by Crippen LogP contribution is 2.24. The normalized spacial score (nSPS) is 10.9. The van der Waals surface area contributed by atoms with Gasteiger partial charge in [0.25, 0.3) is 5.91 Å². The molecule has 1 N–H and O–H groups in total. The molecule has 1 heterocycles. The maximum Gasteiger partial charge on any atom is 0.262 e. The van der Waals surface area contributed by atoms with Crippen molar-refractivity contribution >= 4 is 11.6 Å². The lowest BCUT2D eigenvalue weighted by molar-refractivity contribution is -0.118. The molecule has 0 saturated heterocycles. The largest absolute Gasteiger partial charge is 0.483 e. The monoisotopic (exact) mass is 377 g/mol. The Balaban J connectivity index is 1.55. The molecule has 0 bridgehead atoms. The summed E-state index contributed by atoms with van der Waals surface area (Å²) in [5.41, 5.74) is 4.13. The number of hydrogen-bond donors (Lipinski definition) is 1. The Morgan fingerprint density at radius 2 is 1.89 bits per heavy atom. The number of benzene rings is 2. The fraction of sp³-hybridized carbons (Fsp3) is 0.304. The average molecular weight is 377 g/mol. The second-order valence-corrected chi connectivity index (χ2v) is 7.32. The molecule has 0 atom stereocenters. The zero-order chi connectivity index (χ0) is 20.1. The standard InChI is InChI=1S/C23H27N3O2/c1-16(2)20-8-5-17(3)22(13-20)28-15-23(27)25-21-9-6-19(7-10-21)14-26-12-11-24-18(26)4/h5-13,16H,14-15H2,1-4H3,(H,25,27). The summed E-state index contributed by atoms with van der Waals surface area (Å²) in [5, 5.41) is 2.88. The molecular weight excluding hydrogens is 350 g/mol.